The molecule has 4 nitrogen and oxygen atoms in total. The van der Waals surface area contributed by atoms with E-state index in [4.69, 9.17) is 5.73 Å². The fourth-order valence-electron chi connectivity index (χ4n) is 2.49. The van der Waals surface area contributed by atoms with E-state index in [2.05, 4.69) is 25.7 Å². The maximum Gasteiger partial charge on any atom is 0.153 e. The zero-order valence-corrected chi connectivity index (χ0v) is 12.0. The van der Waals surface area contributed by atoms with E-state index in [9.17, 15) is 8.42 Å². The molecule has 0 aromatic carbocycles. The van der Waals surface area contributed by atoms with E-state index >= 15 is 0 Å². The first kappa shape index (κ1) is 14.9. The third-order valence-corrected chi connectivity index (χ3v) is 5.46. The highest BCUT2D eigenvalue weighted by molar-refractivity contribution is 7.91. The van der Waals surface area contributed by atoms with E-state index in [-0.39, 0.29) is 23.6 Å². The molecule has 5 heteroatoms. The van der Waals surface area contributed by atoms with Gasteiger partial charge in [0.25, 0.3) is 0 Å². The molecular weight excluding hydrogens is 236 g/mol. The van der Waals surface area contributed by atoms with Gasteiger partial charge >= 0.3 is 0 Å². The molecule has 17 heavy (non-hydrogen) atoms. The molecule has 0 bridgehead atoms. The number of hydrogen-bond donors (Lipinski definition) is 1. The van der Waals surface area contributed by atoms with Crippen LogP contribution in [0.3, 0.4) is 0 Å². The summed E-state index contributed by atoms with van der Waals surface area (Å²) in [6.07, 6.45) is 3.27. The summed E-state index contributed by atoms with van der Waals surface area (Å²) in [6.45, 7) is 7.41. The van der Waals surface area contributed by atoms with Gasteiger partial charge < -0.3 is 5.73 Å². The highest BCUT2D eigenvalue weighted by Gasteiger charge is 2.39. The lowest BCUT2D eigenvalue weighted by Gasteiger charge is -2.35. The number of hydrogen-bond acceptors (Lipinski definition) is 4. The van der Waals surface area contributed by atoms with Gasteiger partial charge in [0.1, 0.15) is 0 Å². The summed E-state index contributed by atoms with van der Waals surface area (Å²) in [5.74, 6) is 0.388. The zero-order valence-electron chi connectivity index (χ0n) is 11.2. The molecule has 0 saturated carbocycles. The first-order chi connectivity index (χ1) is 7.91. The average molecular weight is 262 g/mol. The van der Waals surface area contributed by atoms with Gasteiger partial charge in [-0.15, -0.1) is 0 Å². The van der Waals surface area contributed by atoms with Crippen molar-refractivity contribution < 1.29 is 8.42 Å². The van der Waals surface area contributed by atoms with Gasteiger partial charge in [0.05, 0.1) is 11.5 Å². The minimum absolute atomic E-state index is 0.0153. The largest absolute Gasteiger partial charge is 0.325 e. The minimum Gasteiger partial charge on any atom is -0.325 e. The first-order valence-corrected chi connectivity index (χ1v) is 8.45. The standard InChI is InChI=1S/C12H26N2O2S/c1-4-6-7-14(10(3)5-2)12-9-17(15,16)8-11(12)13/h10-12H,4-9,13H2,1-3H3. The lowest BCUT2D eigenvalue weighted by atomic mass is 10.1. The Bertz CT molecular complexity index is 329. The van der Waals surface area contributed by atoms with Crippen LogP contribution in [0.4, 0.5) is 0 Å². The van der Waals surface area contributed by atoms with Crippen molar-refractivity contribution in [1.82, 2.24) is 4.90 Å². The molecule has 1 heterocycles. The summed E-state index contributed by atoms with van der Waals surface area (Å²) >= 11 is 0. The number of rotatable bonds is 6. The van der Waals surface area contributed by atoms with Crippen LogP contribution in [0.2, 0.25) is 0 Å². The maximum absolute atomic E-state index is 11.6. The van der Waals surface area contributed by atoms with Crippen LogP contribution < -0.4 is 5.73 Å². The van der Waals surface area contributed by atoms with Crippen LogP contribution in [0.25, 0.3) is 0 Å². The highest BCUT2D eigenvalue weighted by Crippen LogP contribution is 2.21. The van der Waals surface area contributed by atoms with Crippen LogP contribution in [-0.2, 0) is 9.84 Å². The predicted molar refractivity (Wildman–Crippen MR) is 71.8 cm³/mol. The van der Waals surface area contributed by atoms with Gasteiger partial charge in [0.15, 0.2) is 9.84 Å². The fraction of sp³-hybridized carbons (Fsp3) is 1.00. The van der Waals surface area contributed by atoms with E-state index in [1.165, 1.54) is 0 Å². The van der Waals surface area contributed by atoms with Gasteiger partial charge in [0, 0.05) is 18.1 Å². The second-order valence-corrected chi connectivity index (χ2v) is 7.31. The summed E-state index contributed by atoms with van der Waals surface area (Å²) in [4.78, 5) is 2.30. The smallest absolute Gasteiger partial charge is 0.153 e. The third-order valence-electron chi connectivity index (χ3n) is 3.72. The number of nitrogens with zero attached hydrogens (tertiary/aromatic N) is 1. The average Bonchev–Trinajstić information content (AvgIpc) is 2.52. The molecule has 102 valence electrons. The van der Waals surface area contributed by atoms with Crippen molar-refractivity contribution in [3.8, 4) is 0 Å². The molecule has 0 aromatic rings. The van der Waals surface area contributed by atoms with Crippen molar-refractivity contribution in [3.63, 3.8) is 0 Å². The van der Waals surface area contributed by atoms with E-state index < -0.39 is 9.84 Å². The summed E-state index contributed by atoms with van der Waals surface area (Å²) in [5.41, 5.74) is 6.00. The monoisotopic (exact) mass is 262 g/mol. The molecule has 2 N–H and O–H groups in total. The number of unbranched alkanes of at least 4 members (excludes halogenated alkanes) is 1. The molecule has 0 amide bonds. The first-order valence-electron chi connectivity index (χ1n) is 6.63. The third kappa shape index (κ3) is 3.93. The minimum atomic E-state index is -2.92. The van der Waals surface area contributed by atoms with Gasteiger partial charge in [-0.1, -0.05) is 20.3 Å². The molecule has 0 spiro atoms. The quantitative estimate of drug-likeness (QED) is 0.776. The number of sulfone groups is 1. The zero-order chi connectivity index (χ0) is 13.1. The molecule has 1 saturated heterocycles. The Balaban J connectivity index is 2.76. The van der Waals surface area contributed by atoms with Crippen LogP contribution >= 0.6 is 0 Å². The van der Waals surface area contributed by atoms with Crippen molar-refractivity contribution in [2.45, 2.75) is 58.2 Å². The van der Waals surface area contributed by atoms with Gasteiger partial charge in [-0.3, -0.25) is 4.90 Å². The van der Waals surface area contributed by atoms with E-state index in [0.29, 0.717) is 6.04 Å². The van der Waals surface area contributed by atoms with Gasteiger partial charge in [0.2, 0.25) is 0 Å². The van der Waals surface area contributed by atoms with Gasteiger partial charge in [-0.05, 0) is 26.3 Å². The van der Waals surface area contributed by atoms with Crippen molar-refractivity contribution >= 4 is 9.84 Å². The van der Waals surface area contributed by atoms with Crippen molar-refractivity contribution in [1.29, 1.82) is 0 Å². The number of nitrogens with two attached hydrogens (primary N) is 1. The van der Waals surface area contributed by atoms with Crippen molar-refractivity contribution in [2.75, 3.05) is 18.1 Å². The molecule has 1 aliphatic rings. The normalized spacial score (nSPS) is 29.7. The fourth-order valence-corrected chi connectivity index (χ4v) is 4.39. The Morgan fingerprint density at radius 2 is 2.00 bits per heavy atom. The van der Waals surface area contributed by atoms with E-state index in [0.717, 1.165) is 25.8 Å². The Labute approximate surface area is 105 Å². The summed E-state index contributed by atoms with van der Waals surface area (Å²) in [7, 11) is -2.92. The Hall–Kier alpha value is -0.130. The SMILES string of the molecule is CCCCN(C(C)CC)C1CS(=O)(=O)CC1N. The second-order valence-electron chi connectivity index (χ2n) is 5.16. The Morgan fingerprint density at radius 1 is 1.35 bits per heavy atom. The molecule has 1 fully saturated rings. The second kappa shape index (κ2) is 6.16. The van der Waals surface area contributed by atoms with Crippen molar-refractivity contribution in [3.05, 3.63) is 0 Å². The predicted octanol–water partition coefficient (Wildman–Crippen LogP) is 1.01. The van der Waals surface area contributed by atoms with Gasteiger partial charge in [-0.2, -0.15) is 0 Å². The van der Waals surface area contributed by atoms with Crippen LogP contribution in [0, 0.1) is 0 Å². The van der Waals surface area contributed by atoms with Crippen LogP contribution in [0.5, 0.6) is 0 Å². The van der Waals surface area contributed by atoms with E-state index in [1.807, 2.05) is 0 Å². The lowest BCUT2D eigenvalue weighted by molar-refractivity contribution is 0.140. The maximum atomic E-state index is 11.6. The van der Waals surface area contributed by atoms with E-state index in [1.54, 1.807) is 0 Å². The molecule has 1 aliphatic heterocycles. The Morgan fingerprint density at radius 3 is 2.41 bits per heavy atom. The Kier molecular flexibility index (Phi) is 5.41. The summed E-state index contributed by atoms with van der Waals surface area (Å²) in [5, 5.41) is 0. The summed E-state index contributed by atoms with van der Waals surface area (Å²) < 4.78 is 23.3. The topological polar surface area (TPSA) is 63.4 Å². The molecule has 1 rings (SSSR count). The molecule has 0 aromatic heterocycles. The molecule has 3 unspecified atom stereocenters. The van der Waals surface area contributed by atoms with Crippen LogP contribution in [0.1, 0.15) is 40.0 Å². The molecular formula is C12H26N2O2S. The molecule has 0 radical (unpaired) electrons. The lowest BCUT2D eigenvalue weighted by Crippen LogP contribution is -2.51. The molecule has 0 aliphatic carbocycles. The highest BCUT2D eigenvalue weighted by atomic mass is 32.2. The van der Waals surface area contributed by atoms with Crippen LogP contribution in [-0.4, -0.2) is 49.5 Å². The summed E-state index contributed by atoms with van der Waals surface area (Å²) in [6, 6.07) is 0.207. The van der Waals surface area contributed by atoms with Crippen molar-refractivity contribution in [2.24, 2.45) is 5.73 Å². The van der Waals surface area contributed by atoms with Crippen LogP contribution in [0.15, 0.2) is 0 Å². The molecule has 3 atom stereocenters. The van der Waals surface area contributed by atoms with Gasteiger partial charge in [-0.25, -0.2) is 8.42 Å².